The summed E-state index contributed by atoms with van der Waals surface area (Å²) in [5, 5.41) is 0.0625. The Kier molecular flexibility index (Phi) is 6.46. The molecular weight excluding hydrogens is 416 g/mol. The molecule has 164 valence electrons. The first-order valence-electron chi connectivity index (χ1n) is 11.3. The fourth-order valence-corrected chi connectivity index (χ4v) is 5.88. The molecule has 0 aromatic heterocycles. The molecule has 1 amide bonds. The first-order valence-corrected chi connectivity index (χ1v) is 12.3. The molecule has 3 aromatic carbocycles. The summed E-state index contributed by atoms with van der Waals surface area (Å²) in [7, 11) is 0. The van der Waals surface area contributed by atoms with Crippen molar-refractivity contribution in [3.05, 3.63) is 96.1 Å². The second-order valence-corrected chi connectivity index (χ2v) is 9.51. The molecule has 1 unspecified atom stereocenters. The zero-order valence-electron chi connectivity index (χ0n) is 18.1. The fraction of sp³-hybridized carbons (Fsp3) is 0.296. The lowest BCUT2D eigenvalue weighted by Gasteiger charge is -2.39. The Hall–Kier alpha value is -2.76. The number of piperidine rings is 1. The largest absolute Gasteiger partial charge is 0.457 e. The molecule has 3 aromatic rings. The van der Waals surface area contributed by atoms with Crippen LogP contribution < -0.4 is 4.74 Å². The molecule has 2 heterocycles. The number of thioether (sulfide) groups is 1. The van der Waals surface area contributed by atoms with Crippen LogP contribution in [0.25, 0.3) is 0 Å². The van der Waals surface area contributed by atoms with Crippen molar-refractivity contribution < 1.29 is 9.53 Å². The van der Waals surface area contributed by atoms with Crippen molar-refractivity contribution in [3.63, 3.8) is 0 Å². The van der Waals surface area contributed by atoms with E-state index in [4.69, 9.17) is 4.74 Å². The van der Waals surface area contributed by atoms with Gasteiger partial charge >= 0.3 is 0 Å². The average molecular weight is 445 g/mol. The van der Waals surface area contributed by atoms with Gasteiger partial charge in [-0.3, -0.25) is 9.69 Å². The van der Waals surface area contributed by atoms with Gasteiger partial charge in [0, 0.05) is 25.7 Å². The normalized spacial score (nSPS) is 19.9. The maximum absolute atomic E-state index is 12.9. The minimum Gasteiger partial charge on any atom is -0.457 e. The van der Waals surface area contributed by atoms with E-state index in [1.165, 1.54) is 5.56 Å². The van der Waals surface area contributed by atoms with E-state index in [0.29, 0.717) is 11.8 Å². The van der Waals surface area contributed by atoms with Gasteiger partial charge in [-0.1, -0.05) is 60.7 Å². The molecule has 0 aliphatic carbocycles. The fourth-order valence-electron chi connectivity index (χ4n) is 4.64. The van der Waals surface area contributed by atoms with Crippen molar-refractivity contribution in [2.75, 3.05) is 18.8 Å². The molecule has 2 aliphatic rings. The standard InChI is InChI=1S/C27H28N2O2S/c30-26-20-32-27(22-10-7-13-25(18-22)31-24-11-5-2-6-12-24)29(26)23-14-16-28(17-15-23)19-21-8-3-1-4-9-21/h1-13,18,23,27H,14-17,19-20H2. The SMILES string of the molecule is O=C1CSC(c2cccc(Oc3ccccc3)c2)N1C1CCN(Cc2ccccc2)CC1. The number of ether oxygens (including phenoxy) is 1. The van der Waals surface area contributed by atoms with Gasteiger partial charge in [0.2, 0.25) is 5.91 Å². The number of carbonyl (C=O) groups excluding carboxylic acids is 1. The third kappa shape index (κ3) is 4.84. The van der Waals surface area contributed by atoms with E-state index in [-0.39, 0.29) is 11.3 Å². The molecule has 0 bridgehead atoms. The van der Waals surface area contributed by atoms with Gasteiger partial charge in [-0.05, 0) is 48.2 Å². The van der Waals surface area contributed by atoms with E-state index in [9.17, 15) is 4.79 Å². The van der Waals surface area contributed by atoms with E-state index in [0.717, 1.165) is 49.5 Å². The molecule has 0 N–H and O–H groups in total. The number of benzene rings is 3. The van der Waals surface area contributed by atoms with E-state index in [1.807, 2.05) is 42.5 Å². The molecule has 2 aliphatic heterocycles. The number of para-hydroxylation sites is 1. The lowest BCUT2D eigenvalue weighted by molar-refractivity contribution is -0.131. The summed E-state index contributed by atoms with van der Waals surface area (Å²) in [4.78, 5) is 17.5. The summed E-state index contributed by atoms with van der Waals surface area (Å²) in [6.45, 7) is 3.04. The van der Waals surface area contributed by atoms with Gasteiger partial charge in [-0.15, -0.1) is 11.8 Å². The Balaban J connectivity index is 1.26. The second-order valence-electron chi connectivity index (χ2n) is 8.44. The smallest absolute Gasteiger partial charge is 0.234 e. The number of amides is 1. The quantitative estimate of drug-likeness (QED) is 0.487. The van der Waals surface area contributed by atoms with E-state index >= 15 is 0 Å². The van der Waals surface area contributed by atoms with Crippen LogP contribution in [0.5, 0.6) is 11.5 Å². The number of nitrogens with zero attached hydrogens (tertiary/aromatic N) is 2. The van der Waals surface area contributed by atoms with E-state index < -0.39 is 0 Å². The first kappa shape index (κ1) is 21.1. The number of hydrogen-bond acceptors (Lipinski definition) is 4. The number of carbonyl (C=O) groups is 1. The van der Waals surface area contributed by atoms with Crippen LogP contribution in [0.4, 0.5) is 0 Å². The highest BCUT2D eigenvalue weighted by Gasteiger charge is 2.39. The van der Waals surface area contributed by atoms with Gasteiger partial charge in [0.25, 0.3) is 0 Å². The minimum absolute atomic E-state index is 0.0625. The molecule has 1 atom stereocenters. The van der Waals surface area contributed by atoms with Crippen LogP contribution in [-0.4, -0.2) is 40.6 Å². The Morgan fingerprint density at radius 1 is 0.844 bits per heavy atom. The highest BCUT2D eigenvalue weighted by molar-refractivity contribution is 8.00. The molecule has 5 rings (SSSR count). The van der Waals surface area contributed by atoms with Crippen LogP contribution in [0.1, 0.15) is 29.3 Å². The van der Waals surface area contributed by atoms with Crippen LogP contribution in [0, 0.1) is 0 Å². The van der Waals surface area contributed by atoms with Crippen LogP contribution in [0.15, 0.2) is 84.9 Å². The molecule has 2 saturated heterocycles. The molecule has 0 radical (unpaired) electrons. The summed E-state index contributed by atoms with van der Waals surface area (Å²) in [5.41, 5.74) is 2.49. The summed E-state index contributed by atoms with van der Waals surface area (Å²) < 4.78 is 6.04. The van der Waals surface area contributed by atoms with Crippen molar-refractivity contribution in [2.24, 2.45) is 0 Å². The summed E-state index contributed by atoms with van der Waals surface area (Å²) in [6, 6.07) is 29.0. The predicted octanol–water partition coefficient (Wildman–Crippen LogP) is 5.72. The summed E-state index contributed by atoms with van der Waals surface area (Å²) in [6.07, 6.45) is 2.05. The maximum atomic E-state index is 12.9. The summed E-state index contributed by atoms with van der Waals surface area (Å²) in [5.74, 6) is 2.45. The molecule has 32 heavy (non-hydrogen) atoms. The van der Waals surface area contributed by atoms with Gasteiger partial charge in [-0.25, -0.2) is 0 Å². The zero-order valence-corrected chi connectivity index (χ0v) is 18.9. The van der Waals surface area contributed by atoms with Crippen LogP contribution >= 0.6 is 11.8 Å². The lowest BCUT2D eigenvalue weighted by Crippen LogP contribution is -2.46. The van der Waals surface area contributed by atoms with E-state index in [2.05, 4.69) is 52.3 Å². The maximum Gasteiger partial charge on any atom is 0.234 e. The highest BCUT2D eigenvalue weighted by atomic mass is 32.2. The predicted molar refractivity (Wildman–Crippen MR) is 130 cm³/mol. The van der Waals surface area contributed by atoms with Crippen LogP contribution in [0.2, 0.25) is 0 Å². The van der Waals surface area contributed by atoms with E-state index in [1.54, 1.807) is 11.8 Å². The third-order valence-corrected chi connectivity index (χ3v) is 7.46. The molecule has 0 saturated carbocycles. The van der Waals surface area contributed by atoms with Gasteiger partial charge in [-0.2, -0.15) is 0 Å². The van der Waals surface area contributed by atoms with Gasteiger partial charge in [0.1, 0.15) is 16.9 Å². The third-order valence-electron chi connectivity index (χ3n) is 6.23. The number of hydrogen-bond donors (Lipinski definition) is 0. The van der Waals surface area contributed by atoms with Crippen molar-refractivity contribution in [3.8, 4) is 11.5 Å². The topological polar surface area (TPSA) is 32.8 Å². The molecule has 2 fully saturated rings. The molecule has 5 heteroatoms. The van der Waals surface area contributed by atoms with Gasteiger partial charge in [0.15, 0.2) is 0 Å². The van der Waals surface area contributed by atoms with Crippen molar-refractivity contribution in [2.45, 2.75) is 30.8 Å². The van der Waals surface area contributed by atoms with Crippen LogP contribution in [-0.2, 0) is 11.3 Å². The van der Waals surface area contributed by atoms with Gasteiger partial charge in [0.05, 0.1) is 5.75 Å². The molecule has 4 nitrogen and oxygen atoms in total. The first-order chi connectivity index (χ1) is 15.8. The molecular formula is C27H28N2O2S. The Labute approximate surface area is 194 Å². The molecule has 0 spiro atoms. The zero-order chi connectivity index (χ0) is 21.8. The van der Waals surface area contributed by atoms with Gasteiger partial charge < -0.3 is 9.64 Å². The minimum atomic E-state index is 0.0625. The monoisotopic (exact) mass is 444 g/mol. The number of rotatable bonds is 6. The Morgan fingerprint density at radius 2 is 1.53 bits per heavy atom. The van der Waals surface area contributed by atoms with Crippen molar-refractivity contribution >= 4 is 17.7 Å². The van der Waals surface area contributed by atoms with Crippen LogP contribution in [0.3, 0.4) is 0 Å². The summed E-state index contributed by atoms with van der Waals surface area (Å²) >= 11 is 1.73. The lowest BCUT2D eigenvalue weighted by atomic mass is 10.0. The Morgan fingerprint density at radius 3 is 2.28 bits per heavy atom. The number of likely N-dealkylation sites (tertiary alicyclic amines) is 1. The second kappa shape index (κ2) is 9.80. The Bertz CT molecular complexity index is 1040. The average Bonchev–Trinajstić information content (AvgIpc) is 3.22. The van der Waals surface area contributed by atoms with Crippen molar-refractivity contribution in [1.82, 2.24) is 9.80 Å². The highest BCUT2D eigenvalue weighted by Crippen LogP contribution is 2.42. The van der Waals surface area contributed by atoms with Crippen molar-refractivity contribution in [1.29, 1.82) is 0 Å².